The van der Waals surface area contributed by atoms with Crippen LogP contribution in [0.3, 0.4) is 0 Å². The molecule has 3 aromatic rings. The number of carboxylic acid groups (broad SMARTS) is 1. The number of aromatic nitrogens is 2. The van der Waals surface area contributed by atoms with Gasteiger partial charge in [-0.2, -0.15) is 13.2 Å². The molecule has 11 heteroatoms. The Kier molecular flexibility index (Phi) is 7.58. The second kappa shape index (κ2) is 9.09. The fourth-order valence-corrected chi connectivity index (χ4v) is 3.93. The van der Waals surface area contributed by atoms with E-state index in [0.717, 1.165) is 18.4 Å². The van der Waals surface area contributed by atoms with Crippen LogP contribution in [0.15, 0.2) is 41.4 Å². The number of sulfone groups is 1. The molecule has 0 saturated heterocycles. The molecule has 30 heavy (non-hydrogen) atoms. The van der Waals surface area contributed by atoms with E-state index in [1.807, 2.05) is 0 Å². The number of pyridine rings is 1. The molecule has 154 valence electrons. The van der Waals surface area contributed by atoms with Gasteiger partial charge in [0, 0.05) is 42.5 Å². The van der Waals surface area contributed by atoms with Crippen molar-refractivity contribution in [1.82, 2.24) is 9.55 Å². The number of rotatable bonds is 5. The number of fused-ring (bicyclic) bond motifs is 1. The SMILES string of the molecule is Cc1c(CC(=O)[O-])c2cccnc2n1Cc1ccc(S(C)(=O)=O)cc1C(F)(F)F.[K+]. The molecule has 0 spiro atoms. The van der Waals surface area contributed by atoms with Crippen LogP contribution < -0.4 is 56.5 Å². The van der Waals surface area contributed by atoms with E-state index < -0.39 is 38.9 Å². The molecular weight excluding hydrogens is 448 g/mol. The van der Waals surface area contributed by atoms with Crippen molar-refractivity contribution >= 4 is 26.8 Å². The Morgan fingerprint density at radius 1 is 1.23 bits per heavy atom. The normalized spacial score (nSPS) is 12.0. The molecule has 0 fully saturated rings. The third-order valence-corrected chi connectivity index (χ3v) is 5.78. The Morgan fingerprint density at radius 3 is 2.47 bits per heavy atom. The number of benzene rings is 1. The van der Waals surface area contributed by atoms with Gasteiger partial charge in [0.2, 0.25) is 0 Å². The summed E-state index contributed by atoms with van der Waals surface area (Å²) in [4.78, 5) is 14.9. The summed E-state index contributed by atoms with van der Waals surface area (Å²) in [6.45, 7) is 1.34. The molecule has 0 saturated carbocycles. The van der Waals surface area contributed by atoms with Gasteiger partial charge in [-0.1, -0.05) is 6.07 Å². The molecule has 0 radical (unpaired) electrons. The van der Waals surface area contributed by atoms with Gasteiger partial charge in [-0.3, -0.25) is 0 Å². The van der Waals surface area contributed by atoms with Crippen LogP contribution in [0.1, 0.15) is 22.4 Å². The van der Waals surface area contributed by atoms with Crippen molar-refractivity contribution in [2.45, 2.75) is 31.0 Å². The van der Waals surface area contributed by atoms with E-state index in [2.05, 4.69) is 4.98 Å². The minimum Gasteiger partial charge on any atom is -0.550 e. The van der Waals surface area contributed by atoms with Crippen LogP contribution in [-0.2, 0) is 33.8 Å². The van der Waals surface area contributed by atoms with Crippen LogP contribution in [0.2, 0.25) is 0 Å². The number of halogens is 3. The molecular formula is C19H16F3KN2O4S. The van der Waals surface area contributed by atoms with Gasteiger partial charge in [-0.15, -0.1) is 0 Å². The average molecular weight is 465 g/mol. The molecule has 0 aliphatic carbocycles. The number of aliphatic carboxylic acids is 1. The molecule has 0 unspecified atom stereocenters. The van der Waals surface area contributed by atoms with E-state index in [9.17, 15) is 31.5 Å². The average Bonchev–Trinajstić information content (AvgIpc) is 2.86. The van der Waals surface area contributed by atoms with Gasteiger partial charge >= 0.3 is 57.6 Å². The largest absolute Gasteiger partial charge is 1.00 e. The van der Waals surface area contributed by atoms with Gasteiger partial charge in [0.25, 0.3) is 0 Å². The Hall–Kier alpha value is -1.24. The van der Waals surface area contributed by atoms with E-state index >= 15 is 0 Å². The minimum atomic E-state index is -4.77. The van der Waals surface area contributed by atoms with Crippen molar-refractivity contribution in [2.75, 3.05) is 6.26 Å². The smallest absolute Gasteiger partial charge is 0.550 e. The fraction of sp³-hybridized carbons (Fsp3) is 0.263. The Balaban J connectivity index is 0.00000320. The van der Waals surface area contributed by atoms with Crippen molar-refractivity contribution in [2.24, 2.45) is 0 Å². The van der Waals surface area contributed by atoms with Gasteiger partial charge in [0.15, 0.2) is 9.84 Å². The standard InChI is InChI=1S/C19H17F3N2O4S.K/c1-11-15(9-17(25)26)14-4-3-7-23-18(14)24(11)10-12-5-6-13(29(2,27)28)8-16(12)19(20,21)22;/h3-8H,9-10H2,1-2H3,(H,25,26);/q;+1/p-1. The topological polar surface area (TPSA) is 92.1 Å². The zero-order valence-corrected chi connectivity index (χ0v) is 20.4. The first-order valence-corrected chi connectivity index (χ1v) is 10.3. The molecule has 0 N–H and O–H groups in total. The van der Waals surface area contributed by atoms with E-state index in [-0.39, 0.29) is 63.5 Å². The molecule has 3 rings (SSSR count). The summed E-state index contributed by atoms with van der Waals surface area (Å²) in [5, 5.41) is 11.6. The molecule has 2 aromatic heterocycles. The summed E-state index contributed by atoms with van der Waals surface area (Å²) in [5.41, 5.74) is -0.0335. The summed E-state index contributed by atoms with van der Waals surface area (Å²) in [6.07, 6.45) is -2.88. The van der Waals surface area contributed by atoms with Gasteiger partial charge in [-0.05, 0) is 42.3 Å². The summed E-state index contributed by atoms with van der Waals surface area (Å²) in [7, 11) is -3.82. The third kappa shape index (κ3) is 5.14. The number of nitrogens with zero attached hydrogens (tertiary/aromatic N) is 2. The second-order valence-electron chi connectivity index (χ2n) is 6.66. The quantitative estimate of drug-likeness (QED) is 0.457. The molecule has 6 nitrogen and oxygen atoms in total. The molecule has 0 amide bonds. The van der Waals surface area contributed by atoms with Crippen molar-refractivity contribution < 1.29 is 82.9 Å². The maximum Gasteiger partial charge on any atom is 1.00 e. The Bertz CT molecular complexity index is 1220. The minimum absolute atomic E-state index is 0. The molecule has 0 atom stereocenters. The molecule has 1 aromatic carbocycles. The first-order valence-electron chi connectivity index (χ1n) is 8.42. The van der Waals surface area contributed by atoms with E-state index in [4.69, 9.17) is 0 Å². The number of alkyl halides is 3. The predicted octanol–water partition coefficient (Wildman–Crippen LogP) is -0.888. The maximum atomic E-state index is 13.6. The molecule has 0 aliphatic heterocycles. The first-order chi connectivity index (χ1) is 13.4. The fourth-order valence-electron chi connectivity index (χ4n) is 3.28. The van der Waals surface area contributed by atoms with Crippen LogP contribution in [0.5, 0.6) is 0 Å². The summed E-state index contributed by atoms with van der Waals surface area (Å²) < 4.78 is 65.6. The van der Waals surface area contributed by atoms with Crippen LogP contribution in [0.25, 0.3) is 11.0 Å². The van der Waals surface area contributed by atoms with E-state index in [1.54, 1.807) is 19.1 Å². The van der Waals surface area contributed by atoms with Gasteiger partial charge < -0.3 is 14.5 Å². The predicted molar refractivity (Wildman–Crippen MR) is 96.8 cm³/mol. The second-order valence-corrected chi connectivity index (χ2v) is 8.68. The van der Waals surface area contributed by atoms with Crippen LogP contribution >= 0.6 is 0 Å². The van der Waals surface area contributed by atoms with Gasteiger partial charge in [-0.25, -0.2) is 13.4 Å². The summed E-state index contributed by atoms with van der Waals surface area (Å²) in [6, 6.07) is 6.10. The molecule has 0 aliphatic rings. The first kappa shape index (κ1) is 25.0. The monoisotopic (exact) mass is 464 g/mol. The maximum absolute atomic E-state index is 13.6. The number of carbonyl (C=O) groups is 1. The molecule has 0 bridgehead atoms. The van der Waals surface area contributed by atoms with Crippen molar-refractivity contribution in [3.8, 4) is 0 Å². The zero-order valence-electron chi connectivity index (χ0n) is 16.4. The van der Waals surface area contributed by atoms with Gasteiger partial charge in [0.05, 0.1) is 10.5 Å². The van der Waals surface area contributed by atoms with Crippen LogP contribution in [0.4, 0.5) is 13.2 Å². The number of carboxylic acids is 1. The Morgan fingerprint density at radius 2 is 1.90 bits per heavy atom. The number of hydrogen-bond acceptors (Lipinski definition) is 5. The van der Waals surface area contributed by atoms with Crippen LogP contribution in [-0.4, -0.2) is 30.2 Å². The van der Waals surface area contributed by atoms with E-state index in [0.29, 0.717) is 28.4 Å². The van der Waals surface area contributed by atoms with Crippen molar-refractivity contribution in [3.05, 3.63) is 58.9 Å². The van der Waals surface area contributed by atoms with Crippen molar-refractivity contribution in [3.63, 3.8) is 0 Å². The molecule has 2 heterocycles. The Labute approximate surface area is 213 Å². The van der Waals surface area contributed by atoms with E-state index in [1.165, 1.54) is 10.8 Å². The number of carbonyl (C=O) groups excluding carboxylic acids is 1. The third-order valence-electron chi connectivity index (χ3n) is 4.67. The summed E-state index contributed by atoms with van der Waals surface area (Å²) in [5.74, 6) is -1.32. The summed E-state index contributed by atoms with van der Waals surface area (Å²) >= 11 is 0. The number of hydrogen-bond donors (Lipinski definition) is 0. The van der Waals surface area contributed by atoms with Crippen LogP contribution in [0, 0.1) is 6.92 Å². The van der Waals surface area contributed by atoms with Crippen molar-refractivity contribution in [1.29, 1.82) is 0 Å². The van der Waals surface area contributed by atoms with Gasteiger partial charge in [0.1, 0.15) is 5.65 Å². The zero-order chi connectivity index (χ0) is 21.6.